The maximum Gasteiger partial charge on any atom is 0.338 e. The third-order valence-electron chi connectivity index (χ3n) is 4.58. The number of carbonyl (C=O) groups excluding carboxylic acids is 4. The lowest BCUT2D eigenvalue weighted by Crippen LogP contribution is -2.47. The van der Waals surface area contributed by atoms with Crippen molar-refractivity contribution < 1.29 is 33.1 Å². The molecule has 2 amide bonds. The molecule has 1 aromatic carbocycles. The number of Topliss-reactive ketones (excluding diaryl/α,β-unsaturated/α-hetero) is 1. The molecule has 1 aromatic heterocycles. The smallest absolute Gasteiger partial charge is 0.338 e. The third-order valence-corrected chi connectivity index (χ3v) is 4.83. The van der Waals surface area contributed by atoms with Gasteiger partial charge in [-0.25, -0.2) is 9.59 Å². The van der Waals surface area contributed by atoms with Gasteiger partial charge in [-0.3, -0.25) is 9.59 Å². The Hall–Kier alpha value is -3.59. The van der Waals surface area contributed by atoms with E-state index in [0.717, 1.165) is 0 Å². The van der Waals surface area contributed by atoms with Gasteiger partial charge in [0.25, 0.3) is 0 Å². The second kappa shape index (κ2) is 10.6. The summed E-state index contributed by atoms with van der Waals surface area (Å²) < 4.78 is 15.6. The minimum absolute atomic E-state index is 0.0615. The summed E-state index contributed by atoms with van der Waals surface area (Å²) in [6, 6.07) is 8.04. The first-order chi connectivity index (χ1) is 15.4. The summed E-state index contributed by atoms with van der Waals surface area (Å²) in [4.78, 5) is 49.0. The number of ether oxygens (including phenoxy) is 2. The molecular formula is C22H21ClN2O7. The number of nitrogens with one attached hydrogen (secondary N) is 2. The van der Waals surface area contributed by atoms with Gasteiger partial charge in [0.2, 0.25) is 0 Å². The van der Waals surface area contributed by atoms with Gasteiger partial charge < -0.3 is 24.5 Å². The molecule has 0 spiro atoms. The standard InChI is InChI=1S/C22H21ClN2O7/c1-2-30-21(28)19-15(24-22(29)25-20(19)17-4-3-11-31-17)12-32-18(27)10-9-16(26)13-5-7-14(23)8-6-13/h3-8,11,20H,2,9-10,12H2,1H3,(H2,24,25,29)/t20-/m0/s1. The van der Waals surface area contributed by atoms with Crippen LogP contribution < -0.4 is 10.6 Å². The highest BCUT2D eigenvalue weighted by Crippen LogP contribution is 2.28. The Morgan fingerprint density at radius 3 is 2.50 bits per heavy atom. The Morgan fingerprint density at radius 1 is 1.09 bits per heavy atom. The topological polar surface area (TPSA) is 124 Å². The van der Waals surface area contributed by atoms with Crippen molar-refractivity contribution in [1.82, 2.24) is 10.6 Å². The van der Waals surface area contributed by atoms with Gasteiger partial charge >= 0.3 is 18.0 Å². The van der Waals surface area contributed by atoms with Crippen LogP contribution in [0.15, 0.2) is 58.3 Å². The van der Waals surface area contributed by atoms with Crippen molar-refractivity contribution in [2.24, 2.45) is 0 Å². The number of halogens is 1. The van der Waals surface area contributed by atoms with Crippen LogP contribution in [0.5, 0.6) is 0 Å². The van der Waals surface area contributed by atoms with Crippen LogP contribution in [0.25, 0.3) is 0 Å². The van der Waals surface area contributed by atoms with Crippen LogP contribution in [0.4, 0.5) is 4.79 Å². The number of urea groups is 1. The molecule has 0 bridgehead atoms. The second-order valence-corrected chi connectivity index (χ2v) is 7.19. The maximum absolute atomic E-state index is 12.6. The second-order valence-electron chi connectivity index (χ2n) is 6.75. The summed E-state index contributed by atoms with van der Waals surface area (Å²) in [5.41, 5.74) is 0.568. The van der Waals surface area contributed by atoms with Gasteiger partial charge in [0.1, 0.15) is 18.4 Å². The molecule has 0 fully saturated rings. The first kappa shape index (κ1) is 23.1. The summed E-state index contributed by atoms with van der Waals surface area (Å²) in [6.45, 7) is 1.38. The Kier molecular flexibility index (Phi) is 7.67. The molecule has 2 aromatic rings. The molecule has 0 unspecified atom stereocenters. The molecule has 0 radical (unpaired) electrons. The highest BCUT2D eigenvalue weighted by atomic mass is 35.5. The number of furan rings is 1. The first-order valence-electron chi connectivity index (χ1n) is 9.84. The summed E-state index contributed by atoms with van der Waals surface area (Å²) in [5, 5.41) is 5.57. The van der Waals surface area contributed by atoms with E-state index in [4.69, 9.17) is 25.5 Å². The number of rotatable bonds is 9. The average Bonchev–Trinajstić information content (AvgIpc) is 3.31. The fourth-order valence-electron chi connectivity index (χ4n) is 3.07. The van der Waals surface area contributed by atoms with E-state index in [1.165, 1.54) is 6.26 Å². The zero-order chi connectivity index (χ0) is 23.1. The summed E-state index contributed by atoms with van der Waals surface area (Å²) >= 11 is 5.80. The van der Waals surface area contributed by atoms with E-state index >= 15 is 0 Å². The lowest BCUT2D eigenvalue weighted by molar-refractivity contribution is -0.143. The van der Waals surface area contributed by atoms with Gasteiger partial charge in [-0.1, -0.05) is 11.6 Å². The van der Waals surface area contributed by atoms with Gasteiger partial charge in [0.05, 0.1) is 30.6 Å². The normalized spacial score (nSPS) is 15.6. The molecular weight excluding hydrogens is 440 g/mol. The molecule has 0 aliphatic carbocycles. The SMILES string of the molecule is CCOC(=O)C1=C(COC(=O)CCC(=O)c2ccc(Cl)cc2)NC(=O)N[C@H]1c1ccco1. The predicted molar refractivity (Wildman–Crippen MR) is 113 cm³/mol. The minimum Gasteiger partial charge on any atom is -0.467 e. The van der Waals surface area contributed by atoms with E-state index in [-0.39, 0.29) is 43.1 Å². The third kappa shape index (κ3) is 5.76. The zero-order valence-corrected chi connectivity index (χ0v) is 17.9. The molecule has 1 atom stereocenters. The average molecular weight is 461 g/mol. The fraction of sp³-hybridized carbons (Fsp3) is 0.273. The number of hydrogen-bond acceptors (Lipinski definition) is 7. The van der Waals surface area contributed by atoms with Crippen LogP contribution in [0.1, 0.15) is 41.9 Å². The van der Waals surface area contributed by atoms with Crippen molar-refractivity contribution in [3.63, 3.8) is 0 Å². The van der Waals surface area contributed by atoms with Gasteiger partial charge in [0.15, 0.2) is 5.78 Å². The van der Waals surface area contributed by atoms with E-state index in [1.807, 2.05) is 0 Å². The van der Waals surface area contributed by atoms with Crippen molar-refractivity contribution in [3.8, 4) is 0 Å². The van der Waals surface area contributed by atoms with E-state index in [1.54, 1.807) is 43.3 Å². The molecule has 32 heavy (non-hydrogen) atoms. The molecule has 10 heteroatoms. The van der Waals surface area contributed by atoms with Crippen molar-refractivity contribution in [2.45, 2.75) is 25.8 Å². The molecule has 3 rings (SSSR count). The van der Waals surface area contributed by atoms with Gasteiger partial charge in [0, 0.05) is 17.0 Å². The Morgan fingerprint density at radius 2 is 1.84 bits per heavy atom. The minimum atomic E-state index is -0.905. The van der Waals surface area contributed by atoms with Crippen molar-refractivity contribution in [2.75, 3.05) is 13.2 Å². The number of hydrogen-bond donors (Lipinski definition) is 2. The monoisotopic (exact) mass is 460 g/mol. The number of benzene rings is 1. The summed E-state index contributed by atoms with van der Waals surface area (Å²) in [7, 11) is 0. The van der Waals surface area contributed by atoms with Crippen molar-refractivity contribution in [3.05, 3.63) is 70.3 Å². The number of carbonyl (C=O) groups is 4. The molecule has 1 aliphatic rings. The molecule has 1 aliphatic heterocycles. The van der Waals surface area contributed by atoms with Gasteiger partial charge in [-0.05, 0) is 43.3 Å². The largest absolute Gasteiger partial charge is 0.467 e. The Bertz CT molecular complexity index is 1030. The molecule has 2 N–H and O–H groups in total. The van der Waals surface area contributed by atoms with Crippen LogP contribution >= 0.6 is 11.6 Å². The van der Waals surface area contributed by atoms with E-state index in [2.05, 4.69) is 10.6 Å². The fourth-order valence-corrected chi connectivity index (χ4v) is 3.20. The molecule has 0 saturated carbocycles. The number of ketones is 1. The molecule has 9 nitrogen and oxygen atoms in total. The number of amides is 2. The van der Waals surface area contributed by atoms with Crippen molar-refractivity contribution in [1.29, 1.82) is 0 Å². The van der Waals surface area contributed by atoms with Crippen LogP contribution in [0.3, 0.4) is 0 Å². The lowest BCUT2D eigenvalue weighted by atomic mass is 10.0. The highest BCUT2D eigenvalue weighted by molar-refractivity contribution is 6.30. The highest BCUT2D eigenvalue weighted by Gasteiger charge is 2.35. The maximum atomic E-state index is 12.6. The zero-order valence-electron chi connectivity index (χ0n) is 17.2. The quantitative estimate of drug-likeness (QED) is 0.434. The summed E-state index contributed by atoms with van der Waals surface area (Å²) in [6.07, 6.45) is 1.17. The van der Waals surface area contributed by atoms with E-state index in [9.17, 15) is 19.2 Å². The van der Waals surface area contributed by atoms with Crippen LogP contribution in [0, 0.1) is 0 Å². The van der Waals surface area contributed by atoms with Crippen molar-refractivity contribution >= 4 is 35.4 Å². The Labute approximate surface area is 188 Å². The molecule has 2 heterocycles. The Balaban J connectivity index is 1.68. The summed E-state index contributed by atoms with van der Waals surface area (Å²) in [5.74, 6) is -1.27. The first-order valence-corrected chi connectivity index (χ1v) is 10.2. The lowest BCUT2D eigenvalue weighted by Gasteiger charge is -2.27. The van der Waals surface area contributed by atoms with Gasteiger partial charge in [-0.2, -0.15) is 0 Å². The van der Waals surface area contributed by atoms with Gasteiger partial charge in [-0.15, -0.1) is 0 Å². The number of esters is 2. The predicted octanol–water partition coefficient (Wildman–Crippen LogP) is 3.31. The molecule has 0 saturated heterocycles. The van der Waals surface area contributed by atoms with Crippen LogP contribution in [-0.4, -0.2) is 37.0 Å². The van der Waals surface area contributed by atoms with E-state index in [0.29, 0.717) is 16.3 Å². The van der Waals surface area contributed by atoms with Crippen LogP contribution in [-0.2, 0) is 19.1 Å². The van der Waals surface area contributed by atoms with E-state index < -0.39 is 24.0 Å². The molecule has 168 valence electrons. The van der Waals surface area contributed by atoms with Crippen LogP contribution in [0.2, 0.25) is 5.02 Å².